The van der Waals surface area contributed by atoms with Crippen molar-refractivity contribution >= 4 is 17.4 Å². The molecule has 0 atom stereocenters. The molecule has 1 amide bonds. The van der Waals surface area contributed by atoms with Crippen LogP contribution in [-0.4, -0.2) is 27.4 Å². The van der Waals surface area contributed by atoms with Crippen molar-refractivity contribution < 1.29 is 4.79 Å². The Bertz CT molecular complexity index is 582. The van der Waals surface area contributed by atoms with Crippen molar-refractivity contribution in [3.05, 3.63) is 42.1 Å². The molecule has 2 N–H and O–H groups in total. The number of rotatable bonds is 5. The number of pyridine rings is 1. The highest BCUT2D eigenvalue weighted by atomic mass is 16.1. The summed E-state index contributed by atoms with van der Waals surface area (Å²) in [5, 5.41) is 5.87. The lowest BCUT2D eigenvalue weighted by molar-refractivity contribution is 0.102. The Hall–Kier alpha value is -2.50. The summed E-state index contributed by atoms with van der Waals surface area (Å²) in [6, 6.07) is 1.83. The summed E-state index contributed by atoms with van der Waals surface area (Å²) >= 11 is 0. The summed E-state index contributed by atoms with van der Waals surface area (Å²) in [4.78, 5) is 24.3. The van der Waals surface area contributed by atoms with Gasteiger partial charge in [-0.3, -0.25) is 9.78 Å². The molecule has 2 rings (SSSR count). The highest BCUT2D eigenvalue weighted by Crippen LogP contribution is 2.12. The molecule has 0 aliphatic heterocycles. The Labute approximate surface area is 117 Å². The number of amides is 1. The van der Waals surface area contributed by atoms with Crippen LogP contribution in [0.25, 0.3) is 0 Å². The van der Waals surface area contributed by atoms with Gasteiger partial charge >= 0.3 is 0 Å². The second-order valence-corrected chi connectivity index (χ2v) is 4.36. The Morgan fingerprint density at radius 1 is 1.25 bits per heavy atom. The van der Waals surface area contributed by atoms with E-state index in [1.807, 2.05) is 13.0 Å². The molecule has 0 bridgehead atoms. The number of aryl methyl sites for hydroxylation is 1. The van der Waals surface area contributed by atoms with E-state index in [0.29, 0.717) is 11.5 Å². The van der Waals surface area contributed by atoms with Gasteiger partial charge in [0, 0.05) is 12.7 Å². The van der Waals surface area contributed by atoms with Gasteiger partial charge in [-0.1, -0.05) is 6.92 Å². The number of hydrogen-bond acceptors (Lipinski definition) is 5. The second-order valence-electron chi connectivity index (χ2n) is 4.36. The first-order chi connectivity index (χ1) is 9.70. The molecule has 6 heteroatoms. The maximum absolute atomic E-state index is 12.0. The fourth-order valence-electron chi connectivity index (χ4n) is 1.57. The molecule has 2 aromatic heterocycles. The highest BCUT2D eigenvalue weighted by Gasteiger charge is 2.09. The molecule has 0 saturated heterocycles. The molecular weight excluding hydrogens is 254 g/mol. The number of hydrogen-bond donors (Lipinski definition) is 2. The number of carbonyl (C=O) groups excluding carboxylic acids is 1. The summed E-state index contributed by atoms with van der Waals surface area (Å²) in [5.41, 5.74) is 1.89. The van der Waals surface area contributed by atoms with Crippen LogP contribution < -0.4 is 10.6 Å². The lowest BCUT2D eigenvalue weighted by Gasteiger charge is -2.07. The SMILES string of the molecule is CCCNc1cnc(C(=O)Nc2cnccc2C)cn1. The van der Waals surface area contributed by atoms with Crippen LogP contribution in [0, 0.1) is 6.92 Å². The van der Waals surface area contributed by atoms with Crippen molar-refractivity contribution in [2.24, 2.45) is 0 Å². The van der Waals surface area contributed by atoms with Gasteiger partial charge in [0.1, 0.15) is 11.5 Å². The second kappa shape index (κ2) is 6.60. The van der Waals surface area contributed by atoms with E-state index in [4.69, 9.17) is 0 Å². The Kier molecular flexibility index (Phi) is 4.60. The van der Waals surface area contributed by atoms with E-state index in [1.165, 1.54) is 6.20 Å². The zero-order valence-corrected chi connectivity index (χ0v) is 11.6. The lowest BCUT2D eigenvalue weighted by Crippen LogP contribution is -2.15. The van der Waals surface area contributed by atoms with Crippen LogP contribution >= 0.6 is 0 Å². The van der Waals surface area contributed by atoms with E-state index in [0.717, 1.165) is 18.5 Å². The molecule has 0 aromatic carbocycles. The zero-order valence-electron chi connectivity index (χ0n) is 11.6. The van der Waals surface area contributed by atoms with Gasteiger partial charge in [0.2, 0.25) is 0 Å². The topological polar surface area (TPSA) is 79.8 Å². The van der Waals surface area contributed by atoms with Crippen LogP contribution in [-0.2, 0) is 0 Å². The van der Waals surface area contributed by atoms with E-state index in [1.54, 1.807) is 18.6 Å². The predicted octanol–water partition coefficient (Wildman–Crippen LogP) is 2.25. The summed E-state index contributed by atoms with van der Waals surface area (Å²) in [6.07, 6.45) is 7.31. The summed E-state index contributed by atoms with van der Waals surface area (Å²) < 4.78 is 0. The first-order valence-electron chi connectivity index (χ1n) is 6.48. The van der Waals surface area contributed by atoms with Crippen LogP contribution in [0.5, 0.6) is 0 Å². The molecule has 0 saturated carbocycles. The van der Waals surface area contributed by atoms with Crippen LogP contribution in [0.1, 0.15) is 29.4 Å². The number of carbonyl (C=O) groups is 1. The third-order valence-electron chi connectivity index (χ3n) is 2.73. The molecule has 6 nitrogen and oxygen atoms in total. The van der Waals surface area contributed by atoms with Gasteiger partial charge in [-0.25, -0.2) is 9.97 Å². The quantitative estimate of drug-likeness (QED) is 0.872. The van der Waals surface area contributed by atoms with Crippen molar-refractivity contribution in [3.8, 4) is 0 Å². The maximum atomic E-state index is 12.0. The minimum absolute atomic E-state index is 0.273. The van der Waals surface area contributed by atoms with Crippen molar-refractivity contribution in [2.45, 2.75) is 20.3 Å². The first kappa shape index (κ1) is 13.9. The minimum Gasteiger partial charge on any atom is -0.369 e. The molecule has 0 radical (unpaired) electrons. The van der Waals surface area contributed by atoms with E-state index in [-0.39, 0.29) is 11.6 Å². The monoisotopic (exact) mass is 271 g/mol. The summed E-state index contributed by atoms with van der Waals surface area (Å²) in [5.74, 6) is 0.372. The van der Waals surface area contributed by atoms with Crippen molar-refractivity contribution in [3.63, 3.8) is 0 Å². The molecule has 0 aliphatic carbocycles. The minimum atomic E-state index is -0.296. The molecule has 2 aromatic rings. The van der Waals surface area contributed by atoms with Crippen LogP contribution in [0.15, 0.2) is 30.9 Å². The third-order valence-corrected chi connectivity index (χ3v) is 2.73. The maximum Gasteiger partial charge on any atom is 0.275 e. The number of nitrogens with zero attached hydrogens (tertiary/aromatic N) is 3. The van der Waals surface area contributed by atoms with E-state index in [9.17, 15) is 4.79 Å². The van der Waals surface area contributed by atoms with Gasteiger partial charge in [0.25, 0.3) is 5.91 Å². The molecule has 104 valence electrons. The third kappa shape index (κ3) is 3.50. The molecule has 0 spiro atoms. The van der Waals surface area contributed by atoms with Crippen LogP contribution in [0.2, 0.25) is 0 Å². The first-order valence-corrected chi connectivity index (χ1v) is 6.48. The van der Waals surface area contributed by atoms with E-state index >= 15 is 0 Å². The van der Waals surface area contributed by atoms with Gasteiger partial charge in [-0.2, -0.15) is 0 Å². The average molecular weight is 271 g/mol. The molecular formula is C14H17N5O. The highest BCUT2D eigenvalue weighted by molar-refractivity contribution is 6.02. The largest absolute Gasteiger partial charge is 0.369 e. The average Bonchev–Trinajstić information content (AvgIpc) is 2.48. The molecule has 0 aliphatic rings. The Balaban J connectivity index is 2.04. The van der Waals surface area contributed by atoms with Gasteiger partial charge in [-0.15, -0.1) is 0 Å². The van der Waals surface area contributed by atoms with Crippen molar-refractivity contribution in [1.29, 1.82) is 0 Å². The number of anilines is 2. The smallest absolute Gasteiger partial charge is 0.275 e. The summed E-state index contributed by atoms with van der Waals surface area (Å²) in [6.45, 7) is 4.80. The van der Waals surface area contributed by atoms with Crippen LogP contribution in [0.4, 0.5) is 11.5 Å². The number of aromatic nitrogens is 3. The molecule has 0 unspecified atom stereocenters. The zero-order chi connectivity index (χ0) is 14.4. The normalized spacial score (nSPS) is 10.1. The fraction of sp³-hybridized carbons (Fsp3) is 0.286. The van der Waals surface area contributed by atoms with Crippen LogP contribution in [0.3, 0.4) is 0 Å². The Morgan fingerprint density at radius 2 is 2.10 bits per heavy atom. The number of nitrogens with one attached hydrogen (secondary N) is 2. The Morgan fingerprint density at radius 3 is 2.75 bits per heavy atom. The fourth-order valence-corrected chi connectivity index (χ4v) is 1.57. The molecule has 2 heterocycles. The van der Waals surface area contributed by atoms with Gasteiger partial charge in [0.15, 0.2) is 0 Å². The molecule has 20 heavy (non-hydrogen) atoms. The standard InChI is InChI=1S/C14H17N5O/c1-3-5-16-13-9-17-12(8-18-13)14(20)19-11-7-15-6-4-10(11)2/h4,6-9H,3,5H2,1-2H3,(H,16,18)(H,19,20). The van der Waals surface area contributed by atoms with Crippen molar-refractivity contribution in [1.82, 2.24) is 15.0 Å². The van der Waals surface area contributed by atoms with Gasteiger partial charge in [0.05, 0.1) is 24.3 Å². The predicted molar refractivity (Wildman–Crippen MR) is 77.7 cm³/mol. The van der Waals surface area contributed by atoms with E-state index < -0.39 is 0 Å². The van der Waals surface area contributed by atoms with Gasteiger partial charge in [-0.05, 0) is 25.0 Å². The lowest BCUT2D eigenvalue weighted by atomic mass is 10.2. The van der Waals surface area contributed by atoms with E-state index in [2.05, 4.69) is 32.5 Å². The summed E-state index contributed by atoms with van der Waals surface area (Å²) in [7, 11) is 0. The molecule has 0 fully saturated rings. The van der Waals surface area contributed by atoms with Crippen molar-refractivity contribution in [2.75, 3.05) is 17.2 Å². The van der Waals surface area contributed by atoms with Gasteiger partial charge < -0.3 is 10.6 Å².